The number of aromatic nitrogens is 1. The van der Waals surface area contributed by atoms with Crippen LogP contribution in [0.1, 0.15) is 31.4 Å². The van der Waals surface area contributed by atoms with Crippen LogP contribution in [0.15, 0.2) is 24.4 Å². The van der Waals surface area contributed by atoms with Gasteiger partial charge in [0.25, 0.3) is 0 Å². The number of hydrogen-bond donors (Lipinski definition) is 2. The van der Waals surface area contributed by atoms with Crippen LogP contribution in [0.25, 0.3) is 0 Å². The molecular formula is C14H20N2O2. The summed E-state index contributed by atoms with van der Waals surface area (Å²) in [4.78, 5) is 15.8. The first-order valence-electron chi connectivity index (χ1n) is 6.52. The molecular weight excluding hydrogens is 228 g/mol. The molecule has 0 aromatic carbocycles. The predicted octanol–water partition coefficient (Wildman–Crippen LogP) is 1.29. The predicted molar refractivity (Wildman–Crippen MR) is 68.9 cm³/mol. The Labute approximate surface area is 107 Å². The Balaban J connectivity index is 1.60. The minimum Gasteiger partial charge on any atom is -0.396 e. The molecule has 1 aromatic rings. The number of aliphatic hydroxyl groups excluding tert-OH is 1. The molecule has 1 aliphatic rings. The highest BCUT2D eigenvalue weighted by Crippen LogP contribution is 2.44. The van der Waals surface area contributed by atoms with Gasteiger partial charge in [-0.2, -0.15) is 0 Å². The van der Waals surface area contributed by atoms with Gasteiger partial charge in [-0.05, 0) is 37.8 Å². The molecule has 0 spiro atoms. The number of nitrogens with one attached hydrogen (secondary N) is 1. The second kappa shape index (κ2) is 5.96. The maximum Gasteiger partial charge on any atom is 0.220 e. The van der Waals surface area contributed by atoms with E-state index in [1.165, 1.54) is 0 Å². The van der Waals surface area contributed by atoms with Crippen LogP contribution < -0.4 is 5.32 Å². The van der Waals surface area contributed by atoms with E-state index >= 15 is 0 Å². The molecule has 0 saturated heterocycles. The highest BCUT2D eigenvalue weighted by atomic mass is 16.3. The summed E-state index contributed by atoms with van der Waals surface area (Å²) in [7, 11) is 0. The van der Waals surface area contributed by atoms with Gasteiger partial charge in [0, 0.05) is 30.3 Å². The van der Waals surface area contributed by atoms with Crippen LogP contribution >= 0.6 is 0 Å². The lowest BCUT2D eigenvalue weighted by atomic mass is 10.1. The van der Waals surface area contributed by atoms with Crippen LogP contribution in [0.4, 0.5) is 0 Å². The highest BCUT2D eigenvalue weighted by molar-refractivity contribution is 5.75. The average Bonchev–Trinajstić information content (AvgIpc) is 3.18. The molecule has 1 aromatic heterocycles. The van der Waals surface area contributed by atoms with Crippen molar-refractivity contribution in [3.05, 3.63) is 30.1 Å². The van der Waals surface area contributed by atoms with Gasteiger partial charge >= 0.3 is 0 Å². The summed E-state index contributed by atoms with van der Waals surface area (Å²) in [5, 5.41) is 12.0. The van der Waals surface area contributed by atoms with Gasteiger partial charge in [0.1, 0.15) is 0 Å². The molecule has 0 bridgehead atoms. The molecule has 0 aliphatic heterocycles. The van der Waals surface area contributed by atoms with Crippen molar-refractivity contribution in [2.24, 2.45) is 5.41 Å². The molecule has 2 rings (SSSR count). The van der Waals surface area contributed by atoms with Gasteiger partial charge in [0.15, 0.2) is 0 Å². The Morgan fingerprint density at radius 3 is 2.89 bits per heavy atom. The molecule has 0 atom stereocenters. The zero-order chi connectivity index (χ0) is 12.8. The lowest BCUT2D eigenvalue weighted by Gasteiger charge is -2.12. The Kier molecular flexibility index (Phi) is 4.31. The zero-order valence-electron chi connectivity index (χ0n) is 10.6. The topological polar surface area (TPSA) is 62.2 Å². The van der Waals surface area contributed by atoms with Gasteiger partial charge < -0.3 is 10.4 Å². The number of carbonyl (C=O) groups is 1. The molecule has 1 heterocycles. The van der Waals surface area contributed by atoms with E-state index in [2.05, 4.69) is 10.3 Å². The van der Waals surface area contributed by atoms with Crippen molar-refractivity contribution in [2.45, 2.75) is 32.1 Å². The van der Waals surface area contributed by atoms with Crippen molar-refractivity contribution in [1.82, 2.24) is 10.3 Å². The van der Waals surface area contributed by atoms with Gasteiger partial charge in [-0.3, -0.25) is 9.78 Å². The lowest BCUT2D eigenvalue weighted by Crippen LogP contribution is -2.31. The van der Waals surface area contributed by atoms with Crippen LogP contribution in [-0.2, 0) is 11.2 Å². The molecule has 0 unspecified atom stereocenters. The summed E-state index contributed by atoms with van der Waals surface area (Å²) in [5.74, 6) is 0.0747. The summed E-state index contributed by atoms with van der Waals surface area (Å²) in [6.07, 6.45) is 6.00. The number of pyridine rings is 1. The molecule has 0 radical (unpaired) electrons. The summed E-state index contributed by atoms with van der Waals surface area (Å²) in [6, 6.07) is 5.82. The second-order valence-electron chi connectivity index (χ2n) is 5.11. The number of aliphatic hydroxyl groups is 1. The number of nitrogens with zero attached hydrogens (tertiary/aromatic N) is 1. The first-order valence-corrected chi connectivity index (χ1v) is 6.52. The molecule has 98 valence electrons. The van der Waals surface area contributed by atoms with Crippen molar-refractivity contribution in [1.29, 1.82) is 0 Å². The maximum atomic E-state index is 11.6. The van der Waals surface area contributed by atoms with Crippen LogP contribution in [0.2, 0.25) is 0 Å². The molecule has 1 amide bonds. The Morgan fingerprint density at radius 1 is 1.44 bits per heavy atom. The fraction of sp³-hybridized carbons (Fsp3) is 0.571. The van der Waals surface area contributed by atoms with Crippen LogP contribution in [0.3, 0.4) is 0 Å². The van der Waals surface area contributed by atoms with E-state index in [0.717, 1.165) is 31.4 Å². The first kappa shape index (κ1) is 13.0. The van der Waals surface area contributed by atoms with Crippen molar-refractivity contribution >= 4 is 5.91 Å². The van der Waals surface area contributed by atoms with Crippen molar-refractivity contribution in [2.75, 3.05) is 13.2 Å². The third kappa shape index (κ3) is 3.81. The first-order chi connectivity index (χ1) is 8.74. The molecule has 4 heteroatoms. The maximum absolute atomic E-state index is 11.6. The van der Waals surface area contributed by atoms with Crippen LogP contribution in [0.5, 0.6) is 0 Å². The molecule has 18 heavy (non-hydrogen) atoms. The highest BCUT2D eigenvalue weighted by Gasteiger charge is 2.41. The Hall–Kier alpha value is -1.42. The third-order valence-electron chi connectivity index (χ3n) is 3.52. The van der Waals surface area contributed by atoms with Crippen LogP contribution in [0, 0.1) is 5.41 Å². The Morgan fingerprint density at radius 2 is 2.28 bits per heavy atom. The second-order valence-corrected chi connectivity index (χ2v) is 5.11. The average molecular weight is 248 g/mol. The fourth-order valence-corrected chi connectivity index (χ4v) is 1.92. The number of hydrogen-bond acceptors (Lipinski definition) is 3. The van der Waals surface area contributed by atoms with E-state index in [9.17, 15) is 4.79 Å². The van der Waals surface area contributed by atoms with Crippen molar-refractivity contribution in [3.63, 3.8) is 0 Å². The van der Waals surface area contributed by atoms with E-state index in [1.807, 2.05) is 18.2 Å². The molecule has 2 N–H and O–H groups in total. The van der Waals surface area contributed by atoms with Crippen molar-refractivity contribution < 1.29 is 9.90 Å². The lowest BCUT2D eigenvalue weighted by molar-refractivity contribution is -0.121. The van der Waals surface area contributed by atoms with E-state index in [0.29, 0.717) is 13.0 Å². The van der Waals surface area contributed by atoms with Gasteiger partial charge in [0.05, 0.1) is 6.61 Å². The largest absolute Gasteiger partial charge is 0.396 e. The molecule has 4 nitrogen and oxygen atoms in total. The number of rotatable bonds is 7. The molecule has 1 fully saturated rings. The number of carbonyl (C=O) groups excluding carboxylic acids is 1. The SMILES string of the molecule is O=C(CCCc1ccccn1)NCC1(CO)CC1. The quantitative estimate of drug-likeness (QED) is 0.764. The molecule has 1 aliphatic carbocycles. The summed E-state index contributed by atoms with van der Waals surface area (Å²) in [6.45, 7) is 0.799. The normalized spacial score (nSPS) is 16.3. The standard InChI is InChI=1S/C14H20N2O2/c17-11-14(7-8-14)10-16-13(18)6-3-5-12-4-1-2-9-15-12/h1-2,4,9,17H,3,5-8,10-11H2,(H,16,18). The van der Waals surface area contributed by atoms with Crippen LogP contribution in [-0.4, -0.2) is 29.1 Å². The zero-order valence-corrected chi connectivity index (χ0v) is 10.6. The number of amides is 1. The fourth-order valence-electron chi connectivity index (χ4n) is 1.92. The van der Waals surface area contributed by atoms with E-state index in [-0.39, 0.29) is 17.9 Å². The Bertz CT molecular complexity index is 388. The summed E-state index contributed by atoms with van der Waals surface area (Å²) in [5.41, 5.74) is 1.02. The van der Waals surface area contributed by atoms with Gasteiger partial charge in [0.2, 0.25) is 5.91 Å². The minimum atomic E-state index is -0.00333. The number of aryl methyl sites for hydroxylation is 1. The van der Waals surface area contributed by atoms with E-state index in [1.54, 1.807) is 6.20 Å². The molecule has 1 saturated carbocycles. The van der Waals surface area contributed by atoms with E-state index in [4.69, 9.17) is 5.11 Å². The third-order valence-corrected chi connectivity index (χ3v) is 3.52. The van der Waals surface area contributed by atoms with Gasteiger partial charge in [-0.25, -0.2) is 0 Å². The van der Waals surface area contributed by atoms with Gasteiger partial charge in [-0.1, -0.05) is 6.07 Å². The van der Waals surface area contributed by atoms with E-state index < -0.39 is 0 Å². The van der Waals surface area contributed by atoms with Gasteiger partial charge in [-0.15, -0.1) is 0 Å². The monoisotopic (exact) mass is 248 g/mol. The summed E-state index contributed by atoms with van der Waals surface area (Å²) < 4.78 is 0. The smallest absolute Gasteiger partial charge is 0.220 e. The summed E-state index contributed by atoms with van der Waals surface area (Å²) >= 11 is 0. The minimum absolute atomic E-state index is 0.00333. The van der Waals surface area contributed by atoms with Crippen molar-refractivity contribution in [3.8, 4) is 0 Å².